The van der Waals surface area contributed by atoms with Crippen LogP contribution >= 0.6 is 0 Å². The van der Waals surface area contributed by atoms with E-state index < -0.39 is 21.9 Å². The van der Waals surface area contributed by atoms with Crippen LogP contribution in [0.3, 0.4) is 0 Å². The van der Waals surface area contributed by atoms with E-state index in [0.29, 0.717) is 12.8 Å². The van der Waals surface area contributed by atoms with E-state index in [4.69, 9.17) is 0 Å². The predicted molar refractivity (Wildman–Crippen MR) is 40.0 cm³/mol. The molecule has 0 spiro atoms. The number of nitrogens with zero attached hydrogens (tertiary/aromatic N) is 2. The standard InChI is InChI=1S/C6H10N2O4/c9-7(10)5-3-1-2-4-6(5)8(11)12/h5-6H,1-4H2/t5-,6+. The summed E-state index contributed by atoms with van der Waals surface area (Å²) in [7, 11) is 0. The predicted octanol–water partition coefficient (Wildman–Crippen LogP) is 0.851. The second kappa shape index (κ2) is 3.46. The molecule has 0 aromatic heterocycles. The van der Waals surface area contributed by atoms with E-state index >= 15 is 0 Å². The Bertz CT molecular complexity index is 184. The minimum absolute atomic E-state index is 0.346. The third kappa shape index (κ3) is 1.69. The molecule has 1 fully saturated rings. The zero-order chi connectivity index (χ0) is 9.14. The summed E-state index contributed by atoms with van der Waals surface area (Å²) < 4.78 is 0. The molecule has 1 saturated carbocycles. The van der Waals surface area contributed by atoms with Gasteiger partial charge in [0.2, 0.25) is 0 Å². The Morgan fingerprint density at radius 2 is 1.25 bits per heavy atom. The van der Waals surface area contributed by atoms with Crippen LogP contribution in [-0.4, -0.2) is 21.9 Å². The first-order valence-electron chi connectivity index (χ1n) is 3.90. The van der Waals surface area contributed by atoms with Crippen LogP contribution in [0.4, 0.5) is 0 Å². The van der Waals surface area contributed by atoms with Crippen LogP contribution in [-0.2, 0) is 0 Å². The number of nitro groups is 2. The summed E-state index contributed by atoms with van der Waals surface area (Å²) >= 11 is 0. The molecule has 1 aliphatic rings. The largest absolute Gasteiger partial charge is 0.279 e. The fourth-order valence-electron chi connectivity index (χ4n) is 1.58. The lowest BCUT2D eigenvalue weighted by Crippen LogP contribution is -2.41. The normalized spacial score (nSPS) is 29.7. The first-order chi connectivity index (χ1) is 5.63. The van der Waals surface area contributed by atoms with E-state index in [1.807, 2.05) is 0 Å². The summed E-state index contributed by atoms with van der Waals surface area (Å²) in [5.74, 6) is 0. The molecule has 1 rings (SSSR count). The summed E-state index contributed by atoms with van der Waals surface area (Å²) in [4.78, 5) is 19.7. The van der Waals surface area contributed by atoms with Crippen molar-refractivity contribution >= 4 is 0 Å². The van der Waals surface area contributed by atoms with Crippen LogP contribution in [0.5, 0.6) is 0 Å². The number of hydrogen-bond donors (Lipinski definition) is 0. The molecule has 0 bridgehead atoms. The van der Waals surface area contributed by atoms with Gasteiger partial charge < -0.3 is 0 Å². The SMILES string of the molecule is O=[N+]([O-])[C@@H]1CCCC[C@@H]1[N+](=O)[O-]. The van der Waals surface area contributed by atoms with Crippen LogP contribution in [0.1, 0.15) is 25.7 Å². The molecular formula is C6H10N2O4. The molecule has 0 heterocycles. The van der Waals surface area contributed by atoms with Crippen molar-refractivity contribution in [3.63, 3.8) is 0 Å². The lowest BCUT2D eigenvalue weighted by molar-refractivity contribution is -0.621. The van der Waals surface area contributed by atoms with Gasteiger partial charge in [-0.05, 0) is 12.8 Å². The van der Waals surface area contributed by atoms with Crippen molar-refractivity contribution < 1.29 is 9.85 Å². The van der Waals surface area contributed by atoms with Crippen LogP contribution in [0.2, 0.25) is 0 Å². The Kier molecular flexibility index (Phi) is 2.57. The Balaban J connectivity index is 2.67. The van der Waals surface area contributed by atoms with Crippen LogP contribution < -0.4 is 0 Å². The maximum Gasteiger partial charge on any atom is 0.279 e. The molecule has 0 aromatic rings. The van der Waals surface area contributed by atoms with Crippen LogP contribution in [0, 0.1) is 20.2 Å². The van der Waals surface area contributed by atoms with E-state index in [1.54, 1.807) is 0 Å². The Hall–Kier alpha value is -1.20. The molecule has 6 nitrogen and oxygen atoms in total. The topological polar surface area (TPSA) is 86.3 Å². The lowest BCUT2D eigenvalue weighted by Gasteiger charge is -2.18. The first-order valence-corrected chi connectivity index (χ1v) is 3.90. The van der Waals surface area contributed by atoms with Gasteiger partial charge in [-0.15, -0.1) is 0 Å². The van der Waals surface area contributed by atoms with Gasteiger partial charge in [0.15, 0.2) is 0 Å². The molecular weight excluding hydrogens is 164 g/mol. The van der Waals surface area contributed by atoms with Gasteiger partial charge in [0.25, 0.3) is 12.1 Å². The fraction of sp³-hybridized carbons (Fsp3) is 1.00. The van der Waals surface area contributed by atoms with Crippen molar-refractivity contribution in [1.82, 2.24) is 0 Å². The summed E-state index contributed by atoms with van der Waals surface area (Å²) in [6, 6.07) is -1.93. The highest BCUT2D eigenvalue weighted by Gasteiger charge is 2.42. The Labute approximate surface area is 68.9 Å². The summed E-state index contributed by atoms with van der Waals surface area (Å²) in [5.41, 5.74) is 0. The van der Waals surface area contributed by atoms with Gasteiger partial charge in [0, 0.05) is 22.7 Å². The molecule has 2 atom stereocenters. The van der Waals surface area contributed by atoms with Gasteiger partial charge in [-0.3, -0.25) is 20.2 Å². The summed E-state index contributed by atoms with van der Waals surface area (Å²) in [5, 5.41) is 20.7. The van der Waals surface area contributed by atoms with Gasteiger partial charge in [-0.2, -0.15) is 0 Å². The molecule has 0 radical (unpaired) electrons. The van der Waals surface area contributed by atoms with Gasteiger partial charge in [-0.1, -0.05) is 0 Å². The van der Waals surface area contributed by atoms with Crippen LogP contribution in [0.25, 0.3) is 0 Å². The molecule has 1 aliphatic carbocycles. The third-order valence-electron chi connectivity index (χ3n) is 2.24. The molecule has 6 heteroatoms. The summed E-state index contributed by atoms with van der Waals surface area (Å²) in [6.07, 6.45) is 2.16. The highest BCUT2D eigenvalue weighted by molar-refractivity contribution is 4.74. The van der Waals surface area contributed by atoms with Gasteiger partial charge in [0.1, 0.15) is 0 Å². The van der Waals surface area contributed by atoms with Gasteiger partial charge >= 0.3 is 0 Å². The molecule has 68 valence electrons. The molecule has 12 heavy (non-hydrogen) atoms. The lowest BCUT2D eigenvalue weighted by atomic mass is 9.91. The second-order valence-electron chi connectivity index (χ2n) is 2.99. The molecule has 0 N–H and O–H groups in total. The smallest absolute Gasteiger partial charge is 0.264 e. The van der Waals surface area contributed by atoms with E-state index in [-0.39, 0.29) is 0 Å². The van der Waals surface area contributed by atoms with Crippen molar-refractivity contribution in [2.75, 3.05) is 0 Å². The maximum absolute atomic E-state index is 10.4. The monoisotopic (exact) mass is 174 g/mol. The van der Waals surface area contributed by atoms with Crippen molar-refractivity contribution in [3.05, 3.63) is 20.2 Å². The minimum Gasteiger partial charge on any atom is -0.264 e. The molecule has 0 aliphatic heterocycles. The van der Waals surface area contributed by atoms with Crippen molar-refractivity contribution in [1.29, 1.82) is 0 Å². The van der Waals surface area contributed by atoms with Crippen molar-refractivity contribution in [2.24, 2.45) is 0 Å². The van der Waals surface area contributed by atoms with Crippen molar-refractivity contribution in [3.8, 4) is 0 Å². The molecule has 0 aromatic carbocycles. The second-order valence-corrected chi connectivity index (χ2v) is 2.99. The molecule has 0 amide bonds. The summed E-state index contributed by atoms with van der Waals surface area (Å²) in [6.45, 7) is 0. The first kappa shape index (κ1) is 8.89. The third-order valence-corrected chi connectivity index (χ3v) is 2.24. The highest BCUT2D eigenvalue weighted by atomic mass is 16.6. The maximum atomic E-state index is 10.4. The number of rotatable bonds is 2. The van der Waals surface area contributed by atoms with E-state index in [9.17, 15) is 20.2 Å². The average molecular weight is 174 g/mol. The average Bonchev–Trinajstić information content (AvgIpc) is 2.04. The zero-order valence-electron chi connectivity index (χ0n) is 6.51. The van der Waals surface area contributed by atoms with Gasteiger partial charge in [-0.25, -0.2) is 0 Å². The minimum atomic E-state index is -0.964. The highest BCUT2D eigenvalue weighted by Crippen LogP contribution is 2.22. The van der Waals surface area contributed by atoms with Gasteiger partial charge in [0.05, 0.1) is 0 Å². The van der Waals surface area contributed by atoms with Crippen molar-refractivity contribution in [2.45, 2.75) is 37.8 Å². The molecule has 0 unspecified atom stereocenters. The zero-order valence-corrected chi connectivity index (χ0v) is 6.51. The molecule has 0 saturated heterocycles. The van der Waals surface area contributed by atoms with E-state index in [0.717, 1.165) is 12.8 Å². The number of hydrogen-bond acceptors (Lipinski definition) is 4. The fourth-order valence-corrected chi connectivity index (χ4v) is 1.58. The Morgan fingerprint density at radius 3 is 1.50 bits per heavy atom. The quantitative estimate of drug-likeness (QED) is 0.458. The Morgan fingerprint density at radius 1 is 0.917 bits per heavy atom. The van der Waals surface area contributed by atoms with E-state index in [1.165, 1.54) is 0 Å². The van der Waals surface area contributed by atoms with E-state index in [2.05, 4.69) is 0 Å². The van der Waals surface area contributed by atoms with Crippen LogP contribution in [0.15, 0.2) is 0 Å².